The Morgan fingerprint density at radius 3 is 1.88 bits per heavy atom. The second-order valence-corrected chi connectivity index (χ2v) is 11.3. The van der Waals surface area contributed by atoms with Gasteiger partial charge in [0.2, 0.25) is 23.6 Å². The molecule has 0 fully saturated rings. The van der Waals surface area contributed by atoms with Gasteiger partial charge in [-0.25, -0.2) is 9.59 Å². The maximum Gasteiger partial charge on any atom is 0.490 e. The molecule has 14 nitrogen and oxygen atoms in total. The number of carbonyl (C=O) groups excluding carboxylic acids is 4. The van der Waals surface area contributed by atoms with Gasteiger partial charge >= 0.3 is 18.1 Å². The van der Waals surface area contributed by atoms with Gasteiger partial charge in [0.05, 0.1) is 19.1 Å². The maximum atomic E-state index is 13.3. The Kier molecular flexibility index (Phi) is 16.0. The predicted octanol–water partition coefficient (Wildman–Crippen LogP) is 0.861. The first-order valence-electron chi connectivity index (χ1n) is 14.5. The van der Waals surface area contributed by atoms with Crippen molar-refractivity contribution in [2.75, 3.05) is 13.1 Å². The molecule has 48 heavy (non-hydrogen) atoms. The van der Waals surface area contributed by atoms with Gasteiger partial charge in [-0.05, 0) is 48.9 Å². The largest absolute Gasteiger partial charge is 0.508 e. The van der Waals surface area contributed by atoms with Gasteiger partial charge < -0.3 is 42.3 Å². The average Bonchev–Trinajstić information content (AvgIpc) is 2.99. The zero-order valence-electron chi connectivity index (χ0n) is 26.5. The van der Waals surface area contributed by atoms with Crippen LogP contribution in [-0.2, 0) is 41.6 Å². The molecule has 4 amide bonds. The third kappa shape index (κ3) is 15.4. The summed E-state index contributed by atoms with van der Waals surface area (Å²) in [7, 11) is 0. The van der Waals surface area contributed by atoms with E-state index in [4.69, 9.17) is 15.6 Å². The minimum absolute atomic E-state index is 0.00411. The molecule has 0 aromatic heterocycles. The third-order valence-electron chi connectivity index (χ3n) is 6.47. The van der Waals surface area contributed by atoms with E-state index in [1.807, 2.05) is 13.8 Å². The second-order valence-electron chi connectivity index (χ2n) is 11.3. The van der Waals surface area contributed by atoms with E-state index >= 15 is 0 Å². The molecule has 0 unspecified atom stereocenters. The van der Waals surface area contributed by atoms with Crippen LogP contribution in [0.4, 0.5) is 13.2 Å². The first kappa shape index (κ1) is 40.8. The minimum atomic E-state index is -5.08. The van der Waals surface area contributed by atoms with Crippen LogP contribution >= 0.6 is 0 Å². The zero-order chi connectivity index (χ0) is 36.7. The number of amides is 4. The molecule has 0 bridgehead atoms. The number of phenols is 1. The molecule has 0 aliphatic heterocycles. The van der Waals surface area contributed by atoms with Crippen LogP contribution in [0.2, 0.25) is 0 Å². The van der Waals surface area contributed by atoms with Crippen molar-refractivity contribution in [3.63, 3.8) is 0 Å². The number of hydrogen-bond donors (Lipinski definition) is 8. The number of carboxylic acid groups (broad SMARTS) is 2. The summed E-state index contributed by atoms with van der Waals surface area (Å²) in [5.41, 5.74) is 5.83. The Morgan fingerprint density at radius 2 is 1.38 bits per heavy atom. The highest BCUT2D eigenvalue weighted by atomic mass is 19.4. The lowest BCUT2D eigenvalue weighted by atomic mass is 9.90. The highest BCUT2D eigenvalue weighted by Gasteiger charge is 2.39. The van der Waals surface area contributed by atoms with Crippen LogP contribution in [0, 0.1) is 5.92 Å². The molecule has 2 rings (SSSR count). The number of phenolic OH excluding ortho intramolecular Hbond substituents is 1. The standard InChI is InChI=1S/C29H39N5O7.C2HF3O2/c1-18(2)13-23(27(39)40)33-28(41)29(3,15-20-7-5-4-6-8-20)34-25(37)17-31-24(36)16-32-26(38)22(30)14-19-9-11-21(35)12-10-19;3-2(4,5)1(6)7/h4-12,18,22-23,35H,13-17,30H2,1-3H3,(H,31,36)(H,32,38)(H,33,41)(H,34,37)(H,39,40);(H,6,7)/t22-,23-,29+;/m0./s1. The summed E-state index contributed by atoms with van der Waals surface area (Å²) in [5.74, 6) is -6.43. The molecule has 0 radical (unpaired) electrons. The first-order chi connectivity index (χ1) is 22.2. The highest BCUT2D eigenvalue weighted by Crippen LogP contribution is 2.16. The number of aromatic hydroxyl groups is 1. The Hall–Kier alpha value is -5.19. The van der Waals surface area contributed by atoms with Gasteiger partial charge in [0.1, 0.15) is 17.3 Å². The zero-order valence-corrected chi connectivity index (χ0v) is 26.5. The topological polar surface area (TPSA) is 237 Å². The van der Waals surface area contributed by atoms with E-state index in [0.29, 0.717) is 0 Å². The number of nitrogens with two attached hydrogens (primary N) is 1. The van der Waals surface area contributed by atoms with Crippen LogP contribution in [0.1, 0.15) is 38.3 Å². The van der Waals surface area contributed by atoms with Crippen molar-refractivity contribution in [2.24, 2.45) is 11.7 Å². The summed E-state index contributed by atoms with van der Waals surface area (Å²) in [5, 5.41) is 36.0. The van der Waals surface area contributed by atoms with Crippen molar-refractivity contribution in [2.45, 2.75) is 63.8 Å². The molecular formula is C31H40F3N5O9. The summed E-state index contributed by atoms with van der Waals surface area (Å²) in [4.78, 5) is 71.2. The van der Waals surface area contributed by atoms with Gasteiger partial charge in [-0.1, -0.05) is 56.3 Å². The summed E-state index contributed by atoms with van der Waals surface area (Å²) < 4.78 is 31.7. The van der Waals surface area contributed by atoms with Crippen molar-refractivity contribution < 1.29 is 57.3 Å². The van der Waals surface area contributed by atoms with E-state index in [1.165, 1.54) is 19.1 Å². The maximum absolute atomic E-state index is 13.3. The fraction of sp³-hybridized carbons (Fsp3) is 0.419. The molecule has 3 atom stereocenters. The Morgan fingerprint density at radius 1 is 0.833 bits per heavy atom. The van der Waals surface area contributed by atoms with E-state index < -0.39 is 72.5 Å². The van der Waals surface area contributed by atoms with Crippen LogP contribution < -0.4 is 27.0 Å². The number of rotatable bonds is 15. The SMILES string of the molecule is CC(C)C[C@H](NC(=O)[C@@](C)(Cc1ccccc1)NC(=O)CNC(=O)CNC(=O)[C@@H](N)Cc1ccc(O)cc1)C(=O)O.O=C(O)C(F)(F)F. The summed E-state index contributed by atoms with van der Waals surface area (Å²) in [6.45, 7) is 4.25. The molecule has 9 N–H and O–H groups in total. The number of benzene rings is 2. The van der Waals surface area contributed by atoms with E-state index in [0.717, 1.165) is 11.1 Å². The number of carbonyl (C=O) groups is 6. The summed E-state index contributed by atoms with van der Waals surface area (Å²) in [6.07, 6.45) is -4.61. The number of halogens is 3. The fourth-order valence-corrected chi connectivity index (χ4v) is 4.07. The first-order valence-corrected chi connectivity index (χ1v) is 14.5. The lowest BCUT2D eigenvalue weighted by Gasteiger charge is -2.31. The van der Waals surface area contributed by atoms with Crippen molar-refractivity contribution in [3.05, 3.63) is 65.7 Å². The van der Waals surface area contributed by atoms with Gasteiger partial charge in [0.15, 0.2) is 0 Å². The van der Waals surface area contributed by atoms with Crippen LogP contribution in [-0.4, -0.2) is 87.8 Å². The third-order valence-corrected chi connectivity index (χ3v) is 6.47. The molecule has 2 aromatic rings. The average molecular weight is 684 g/mol. The van der Waals surface area contributed by atoms with Gasteiger partial charge in [-0.2, -0.15) is 13.2 Å². The van der Waals surface area contributed by atoms with Gasteiger partial charge in [-0.15, -0.1) is 0 Å². The van der Waals surface area contributed by atoms with Crippen molar-refractivity contribution in [3.8, 4) is 5.75 Å². The number of hydrogen-bond acceptors (Lipinski definition) is 8. The second kappa shape index (κ2) is 18.8. The minimum Gasteiger partial charge on any atom is -0.508 e. The molecular weight excluding hydrogens is 643 g/mol. The molecule has 0 saturated heterocycles. The number of carboxylic acids is 2. The summed E-state index contributed by atoms with van der Waals surface area (Å²) >= 11 is 0. The summed E-state index contributed by atoms with van der Waals surface area (Å²) in [6, 6.07) is 13.0. The molecule has 0 spiro atoms. The van der Waals surface area contributed by atoms with E-state index in [2.05, 4.69) is 21.3 Å². The lowest BCUT2D eigenvalue weighted by Crippen LogP contribution is -2.62. The van der Waals surface area contributed by atoms with Crippen LogP contribution in [0.5, 0.6) is 5.75 Å². The lowest BCUT2D eigenvalue weighted by molar-refractivity contribution is -0.192. The Labute approximate surface area is 274 Å². The number of alkyl halides is 3. The van der Waals surface area contributed by atoms with Crippen molar-refractivity contribution in [1.82, 2.24) is 21.3 Å². The van der Waals surface area contributed by atoms with E-state index in [-0.39, 0.29) is 30.9 Å². The normalized spacial score (nSPS) is 13.4. The molecule has 17 heteroatoms. The molecule has 0 aliphatic carbocycles. The molecule has 264 valence electrons. The van der Waals surface area contributed by atoms with E-state index in [9.17, 15) is 47.4 Å². The predicted molar refractivity (Wildman–Crippen MR) is 165 cm³/mol. The Bertz CT molecular complexity index is 1410. The molecule has 0 aliphatic rings. The van der Waals surface area contributed by atoms with Gasteiger partial charge in [0.25, 0.3) is 0 Å². The van der Waals surface area contributed by atoms with Gasteiger partial charge in [-0.3, -0.25) is 19.2 Å². The highest BCUT2D eigenvalue weighted by molar-refractivity contribution is 5.95. The molecule has 0 heterocycles. The number of aliphatic carboxylic acids is 2. The van der Waals surface area contributed by atoms with Crippen LogP contribution in [0.3, 0.4) is 0 Å². The van der Waals surface area contributed by atoms with Crippen LogP contribution in [0.25, 0.3) is 0 Å². The van der Waals surface area contributed by atoms with Crippen molar-refractivity contribution >= 4 is 35.6 Å². The van der Waals surface area contributed by atoms with Crippen LogP contribution in [0.15, 0.2) is 54.6 Å². The van der Waals surface area contributed by atoms with Gasteiger partial charge in [0, 0.05) is 6.42 Å². The number of nitrogens with one attached hydrogen (secondary N) is 4. The quantitative estimate of drug-likeness (QED) is 0.132. The Balaban J connectivity index is 0.00000148. The van der Waals surface area contributed by atoms with E-state index in [1.54, 1.807) is 42.5 Å². The van der Waals surface area contributed by atoms with Crippen molar-refractivity contribution in [1.29, 1.82) is 0 Å². The molecule has 2 aromatic carbocycles. The fourth-order valence-electron chi connectivity index (χ4n) is 4.07. The monoisotopic (exact) mass is 683 g/mol. The smallest absolute Gasteiger partial charge is 0.490 e. The molecule has 0 saturated carbocycles.